The average Bonchev–Trinajstić information content (AvgIpc) is 3.12. The van der Waals surface area contributed by atoms with Crippen molar-refractivity contribution in [3.8, 4) is 11.5 Å². The maximum atomic E-state index is 13.4. The lowest BCUT2D eigenvalue weighted by molar-refractivity contribution is -0.132. The Kier molecular flexibility index (Phi) is 5.93. The van der Waals surface area contributed by atoms with E-state index >= 15 is 0 Å². The van der Waals surface area contributed by atoms with Gasteiger partial charge in [-0.1, -0.05) is 32.0 Å². The molecule has 36 heavy (non-hydrogen) atoms. The van der Waals surface area contributed by atoms with E-state index in [0.29, 0.717) is 30.8 Å². The molecule has 8 heteroatoms. The van der Waals surface area contributed by atoms with Crippen molar-refractivity contribution < 1.29 is 19.1 Å². The van der Waals surface area contributed by atoms with Gasteiger partial charge in [0.05, 0.1) is 30.7 Å². The van der Waals surface area contributed by atoms with E-state index in [1.807, 2.05) is 58.0 Å². The largest absolute Gasteiger partial charge is 0.493 e. The molecule has 1 unspecified atom stereocenters. The van der Waals surface area contributed by atoms with E-state index in [9.17, 15) is 9.59 Å². The molecule has 0 bridgehead atoms. The highest BCUT2D eigenvalue weighted by Gasteiger charge is 2.43. The summed E-state index contributed by atoms with van der Waals surface area (Å²) in [4.78, 5) is 33.1. The molecule has 3 heterocycles. The van der Waals surface area contributed by atoms with Gasteiger partial charge in [-0.25, -0.2) is 4.99 Å². The summed E-state index contributed by atoms with van der Waals surface area (Å²) in [5.41, 5.74) is 7.56. The van der Waals surface area contributed by atoms with Crippen molar-refractivity contribution in [2.45, 2.75) is 76.6 Å². The first-order valence-electron chi connectivity index (χ1n) is 12.7. The Morgan fingerprint density at radius 3 is 2.61 bits per heavy atom. The fourth-order valence-corrected chi connectivity index (χ4v) is 5.60. The molecule has 0 radical (unpaired) electrons. The summed E-state index contributed by atoms with van der Waals surface area (Å²) in [5.74, 6) is 1.41. The van der Waals surface area contributed by atoms with Crippen LogP contribution in [0.1, 0.15) is 86.9 Å². The van der Waals surface area contributed by atoms with Crippen LogP contribution in [0.25, 0.3) is 0 Å². The van der Waals surface area contributed by atoms with Crippen LogP contribution in [0.2, 0.25) is 0 Å². The number of para-hydroxylation sites is 1. The van der Waals surface area contributed by atoms with Crippen molar-refractivity contribution in [2.24, 2.45) is 10.7 Å². The van der Waals surface area contributed by atoms with Crippen LogP contribution in [0.15, 0.2) is 47.5 Å². The van der Waals surface area contributed by atoms with Crippen molar-refractivity contribution in [3.05, 3.63) is 59.2 Å². The average molecular weight is 491 g/mol. The smallest absolute Gasteiger partial charge is 0.251 e. The van der Waals surface area contributed by atoms with Gasteiger partial charge >= 0.3 is 0 Å². The quantitative estimate of drug-likeness (QED) is 0.652. The van der Waals surface area contributed by atoms with Crippen molar-refractivity contribution in [1.82, 2.24) is 10.2 Å². The van der Waals surface area contributed by atoms with Gasteiger partial charge in [0, 0.05) is 23.1 Å². The van der Waals surface area contributed by atoms with Gasteiger partial charge in [-0.3, -0.25) is 14.5 Å². The number of carbonyl (C=O) groups is 2. The number of benzene rings is 2. The number of nitrogens with zero attached hydrogens (tertiary/aromatic N) is 2. The molecule has 190 valence electrons. The molecule has 2 atom stereocenters. The standard InChI is InChI=1S/C28H34N4O4/c1-5-28(6-2)16-23(33)32(26(29)31-28)20-13-14-35-21-12-11-17(15-19(20)21)25(34)30-24-18-9-7-8-10-22(18)36-27(24,3)4/h7-12,15,20,24H,5-6,13-14,16H2,1-4H3,(H2,29,31)(H,30,34)/t20-,24?/m1/s1. The van der Waals surface area contributed by atoms with Crippen molar-refractivity contribution in [1.29, 1.82) is 0 Å². The van der Waals surface area contributed by atoms with Gasteiger partial charge in [0.2, 0.25) is 5.91 Å². The lowest BCUT2D eigenvalue weighted by Gasteiger charge is -2.41. The number of rotatable bonds is 5. The number of nitrogens with two attached hydrogens (primary N) is 1. The molecule has 2 aromatic carbocycles. The highest BCUT2D eigenvalue weighted by molar-refractivity contribution is 6.00. The van der Waals surface area contributed by atoms with Crippen molar-refractivity contribution in [2.75, 3.05) is 6.61 Å². The first kappa shape index (κ1) is 24.2. The highest BCUT2D eigenvalue weighted by Crippen LogP contribution is 2.43. The number of carbonyl (C=O) groups excluding carboxylic acids is 2. The van der Waals surface area contributed by atoms with E-state index in [0.717, 1.165) is 29.7 Å². The van der Waals surface area contributed by atoms with Gasteiger partial charge in [0.15, 0.2) is 5.96 Å². The van der Waals surface area contributed by atoms with Gasteiger partial charge in [-0.05, 0) is 51.0 Å². The number of amides is 2. The Morgan fingerprint density at radius 1 is 1.14 bits per heavy atom. The Balaban J connectivity index is 1.44. The number of hydrogen-bond donors (Lipinski definition) is 2. The monoisotopic (exact) mass is 490 g/mol. The summed E-state index contributed by atoms with van der Waals surface area (Å²) in [6.07, 6.45) is 2.40. The predicted octanol–water partition coefficient (Wildman–Crippen LogP) is 4.26. The number of hydrogen-bond acceptors (Lipinski definition) is 6. The highest BCUT2D eigenvalue weighted by atomic mass is 16.5. The molecule has 0 aromatic heterocycles. The van der Waals surface area contributed by atoms with Crippen molar-refractivity contribution >= 4 is 17.8 Å². The molecule has 5 rings (SSSR count). The summed E-state index contributed by atoms with van der Waals surface area (Å²) >= 11 is 0. The number of guanidine groups is 1. The van der Waals surface area contributed by atoms with Gasteiger partial charge in [0.1, 0.15) is 17.1 Å². The minimum atomic E-state index is -0.588. The Morgan fingerprint density at radius 2 is 1.89 bits per heavy atom. The maximum absolute atomic E-state index is 13.4. The lowest BCUT2D eigenvalue weighted by atomic mass is 9.87. The molecule has 0 spiro atoms. The van der Waals surface area contributed by atoms with E-state index in [1.54, 1.807) is 17.0 Å². The van der Waals surface area contributed by atoms with E-state index in [1.165, 1.54) is 0 Å². The summed E-state index contributed by atoms with van der Waals surface area (Å²) in [5, 5.41) is 3.15. The van der Waals surface area contributed by atoms with Crippen LogP contribution in [-0.2, 0) is 4.79 Å². The van der Waals surface area contributed by atoms with Crippen LogP contribution >= 0.6 is 0 Å². The molecule has 8 nitrogen and oxygen atoms in total. The fourth-order valence-electron chi connectivity index (χ4n) is 5.60. The molecule has 3 aliphatic rings. The lowest BCUT2D eigenvalue weighted by Crippen LogP contribution is -2.53. The maximum Gasteiger partial charge on any atom is 0.251 e. The fraction of sp³-hybridized carbons (Fsp3) is 0.464. The second kappa shape index (κ2) is 8.84. The van der Waals surface area contributed by atoms with Crippen LogP contribution in [-0.4, -0.2) is 40.4 Å². The molecule has 3 N–H and O–H groups in total. The number of nitrogens with one attached hydrogen (secondary N) is 1. The summed E-state index contributed by atoms with van der Waals surface area (Å²) in [6, 6.07) is 12.5. The van der Waals surface area contributed by atoms with Gasteiger partial charge in [0.25, 0.3) is 5.91 Å². The number of aliphatic imine (C=N–C) groups is 1. The van der Waals surface area contributed by atoms with E-state index in [-0.39, 0.29) is 29.9 Å². The number of fused-ring (bicyclic) bond motifs is 2. The zero-order valence-electron chi connectivity index (χ0n) is 21.3. The number of ether oxygens (including phenoxy) is 2. The first-order chi connectivity index (χ1) is 17.2. The zero-order valence-corrected chi connectivity index (χ0v) is 21.3. The van der Waals surface area contributed by atoms with Crippen LogP contribution in [0, 0.1) is 0 Å². The SMILES string of the molecule is CCC1(CC)CC(=O)N([C@@H]2CCOc3ccc(C(=O)NC4c5ccccc5OC4(C)C)cc32)C(N)=N1. The van der Waals surface area contributed by atoms with Crippen LogP contribution in [0.5, 0.6) is 11.5 Å². The van der Waals surface area contributed by atoms with Crippen LogP contribution < -0.4 is 20.5 Å². The van der Waals surface area contributed by atoms with Gasteiger partial charge in [-0.15, -0.1) is 0 Å². The second-order valence-corrected chi connectivity index (χ2v) is 10.4. The Labute approximate surface area is 211 Å². The zero-order chi connectivity index (χ0) is 25.7. The molecule has 0 saturated carbocycles. The third kappa shape index (κ3) is 3.98. The summed E-state index contributed by atoms with van der Waals surface area (Å²) in [7, 11) is 0. The second-order valence-electron chi connectivity index (χ2n) is 10.4. The summed E-state index contributed by atoms with van der Waals surface area (Å²) < 4.78 is 12.0. The predicted molar refractivity (Wildman–Crippen MR) is 137 cm³/mol. The third-order valence-corrected chi connectivity index (χ3v) is 7.83. The van der Waals surface area contributed by atoms with Crippen molar-refractivity contribution in [3.63, 3.8) is 0 Å². The third-order valence-electron chi connectivity index (χ3n) is 7.83. The normalized spacial score (nSPS) is 23.6. The van der Waals surface area contributed by atoms with E-state index in [2.05, 4.69) is 5.32 Å². The van der Waals surface area contributed by atoms with Gasteiger partial charge < -0.3 is 20.5 Å². The molecular weight excluding hydrogens is 456 g/mol. The Hall–Kier alpha value is -3.55. The topological polar surface area (TPSA) is 106 Å². The van der Waals surface area contributed by atoms with Gasteiger partial charge in [-0.2, -0.15) is 0 Å². The minimum Gasteiger partial charge on any atom is -0.493 e. The van der Waals surface area contributed by atoms with E-state index in [4.69, 9.17) is 20.2 Å². The molecule has 2 aromatic rings. The van der Waals surface area contributed by atoms with E-state index < -0.39 is 11.1 Å². The molecule has 0 aliphatic carbocycles. The first-order valence-corrected chi connectivity index (χ1v) is 12.7. The molecular formula is C28H34N4O4. The molecule has 3 aliphatic heterocycles. The van der Waals surface area contributed by atoms with Crippen LogP contribution in [0.3, 0.4) is 0 Å². The minimum absolute atomic E-state index is 0.0413. The van der Waals surface area contributed by atoms with Crippen LogP contribution in [0.4, 0.5) is 0 Å². The molecule has 0 saturated heterocycles. The molecule has 0 fully saturated rings. The summed E-state index contributed by atoms with van der Waals surface area (Å²) in [6.45, 7) is 8.45. The Bertz CT molecular complexity index is 1230. The molecule has 2 amide bonds.